The van der Waals surface area contributed by atoms with Gasteiger partial charge in [0.05, 0.1) is 11.9 Å². The molecule has 0 aliphatic rings. The molecule has 0 bridgehead atoms. The first-order chi connectivity index (χ1) is 9.88. The molecule has 3 N–H and O–H groups in total. The summed E-state index contributed by atoms with van der Waals surface area (Å²) in [6, 6.07) is 2.08. The van der Waals surface area contributed by atoms with E-state index >= 15 is 0 Å². The molecule has 0 aliphatic heterocycles. The van der Waals surface area contributed by atoms with Gasteiger partial charge in [-0.1, -0.05) is 12.2 Å². The molecular formula is C12H12F3N5S. The molecule has 0 amide bonds. The topological polar surface area (TPSA) is 68.8 Å². The molecule has 112 valence electrons. The van der Waals surface area contributed by atoms with Crippen molar-refractivity contribution in [2.75, 3.05) is 11.9 Å². The smallest absolute Gasteiger partial charge is 0.389 e. The predicted molar refractivity (Wildman–Crippen MR) is 75.8 cm³/mol. The zero-order valence-corrected chi connectivity index (χ0v) is 11.6. The highest BCUT2D eigenvalue weighted by Crippen LogP contribution is 2.29. The third kappa shape index (κ3) is 3.91. The third-order valence-electron chi connectivity index (χ3n) is 2.67. The van der Waals surface area contributed by atoms with Gasteiger partial charge in [-0.25, -0.2) is 9.97 Å². The number of hydrogen-bond donors (Lipinski definition) is 2. The number of anilines is 1. The van der Waals surface area contributed by atoms with E-state index in [-0.39, 0.29) is 16.4 Å². The number of nitrogens with one attached hydrogen (secondary N) is 1. The van der Waals surface area contributed by atoms with Gasteiger partial charge in [-0.15, -0.1) is 0 Å². The van der Waals surface area contributed by atoms with E-state index in [1.165, 1.54) is 6.07 Å². The number of alkyl halides is 3. The van der Waals surface area contributed by atoms with Crippen LogP contribution in [0.3, 0.4) is 0 Å². The van der Waals surface area contributed by atoms with Crippen molar-refractivity contribution in [3.63, 3.8) is 0 Å². The normalized spacial score (nSPS) is 11.4. The number of halogens is 3. The highest BCUT2D eigenvalue weighted by molar-refractivity contribution is 7.80. The summed E-state index contributed by atoms with van der Waals surface area (Å²) in [5.74, 6) is 0.0254. The molecule has 0 aliphatic carbocycles. The second-order valence-electron chi connectivity index (χ2n) is 4.18. The number of nitrogens with two attached hydrogens (primary N) is 1. The lowest BCUT2D eigenvalue weighted by molar-refractivity contribution is -0.141. The van der Waals surface area contributed by atoms with E-state index in [1.807, 2.05) is 0 Å². The Labute approximate surface area is 124 Å². The first-order valence-electron chi connectivity index (χ1n) is 5.95. The van der Waals surface area contributed by atoms with Gasteiger partial charge in [0.2, 0.25) is 0 Å². The van der Waals surface area contributed by atoms with E-state index in [0.717, 1.165) is 6.07 Å². The fraction of sp³-hybridized carbons (Fsp3) is 0.250. The van der Waals surface area contributed by atoms with E-state index in [2.05, 4.69) is 15.3 Å². The fourth-order valence-electron chi connectivity index (χ4n) is 1.67. The quantitative estimate of drug-likeness (QED) is 0.827. The van der Waals surface area contributed by atoms with Crippen molar-refractivity contribution >= 4 is 23.0 Å². The Kier molecular flexibility index (Phi) is 4.41. The van der Waals surface area contributed by atoms with E-state index < -0.39 is 11.9 Å². The zero-order valence-electron chi connectivity index (χ0n) is 10.8. The molecule has 0 aromatic carbocycles. The van der Waals surface area contributed by atoms with Crippen LogP contribution in [0.25, 0.3) is 0 Å². The highest BCUT2D eigenvalue weighted by atomic mass is 32.1. The number of imidazole rings is 1. The molecule has 2 aromatic rings. The summed E-state index contributed by atoms with van der Waals surface area (Å²) in [7, 11) is 0. The summed E-state index contributed by atoms with van der Waals surface area (Å²) in [4.78, 5) is 7.41. The Morgan fingerprint density at radius 2 is 2.14 bits per heavy atom. The molecule has 0 fully saturated rings. The molecule has 2 aromatic heterocycles. The lowest BCUT2D eigenvalue weighted by Crippen LogP contribution is -2.19. The van der Waals surface area contributed by atoms with Crippen LogP contribution in [0.5, 0.6) is 0 Å². The molecule has 0 radical (unpaired) electrons. The van der Waals surface area contributed by atoms with Crippen LogP contribution in [-0.2, 0) is 12.7 Å². The van der Waals surface area contributed by atoms with Crippen molar-refractivity contribution in [2.24, 2.45) is 5.73 Å². The molecule has 0 saturated heterocycles. The van der Waals surface area contributed by atoms with Crippen LogP contribution in [0.2, 0.25) is 0 Å². The van der Waals surface area contributed by atoms with Gasteiger partial charge < -0.3 is 15.6 Å². The van der Waals surface area contributed by atoms with Crippen molar-refractivity contribution in [3.8, 4) is 0 Å². The number of thiocarbonyl (C=S) groups is 1. The summed E-state index contributed by atoms with van der Waals surface area (Å²) >= 11 is 4.82. The van der Waals surface area contributed by atoms with E-state index in [4.69, 9.17) is 18.0 Å². The summed E-state index contributed by atoms with van der Waals surface area (Å²) < 4.78 is 39.8. The standard InChI is InChI=1S/C12H12F3N5S/c13-12(14,15)9-2-1-8(10(16)21)11(19-9)18-4-6-20-5-3-17-7-20/h1-3,5,7H,4,6H2,(H2,16,21)(H,18,19). The Morgan fingerprint density at radius 3 is 2.71 bits per heavy atom. The van der Waals surface area contributed by atoms with Crippen molar-refractivity contribution < 1.29 is 13.2 Å². The third-order valence-corrected chi connectivity index (χ3v) is 2.89. The van der Waals surface area contributed by atoms with E-state index in [1.54, 1.807) is 23.3 Å². The largest absolute Gasteiger partial charge is 0.433 e. The Balaban J connectivity index is 2.16. The van der Waals surface area contributed by atoms with Gasteiger partial charge in [0.15, 0.2) is 0 Å². The first kappa shape index (κ1) is 15.2. The second-order valence-corrected chi connectivity index (χ2v) is 4.62. The number of aromatic nitrogens is 3. The Bertz CT molecular complexity index is 624. The zero-order chi connectivity index (χ0) is 15.5. The average molecular weight is 315 g/mol. The Morgan fingerprint density at radius 1 is 1.38 bits per heavy atom. The van der Waals surface area contributed by atoms with Gasteiger partial charge in [-0.05, 0) is 12.1 Å². The molecule has 0 spiro atoms. The van der Waals surface area contributed by atoms with E-state index in [0.29, 0.717) is 13.1 Å². The lowest BCUT2D eigenvalue weighted by atomic mass is 10.2. The van der Waals surface area contributed by atoms with Gasteiger partial charge in [0.1, 0.15) is 16.5 Å². The number of pyridine rings is 1. The lowest BCUT2D eigenvalue weighted by Gasteiger charge is -2.13. The van der Waals surface area contributed by atoms with Gasteiger partial charge in [0.25, 0.3) is 0 Å². The molecule has 0 unspecified atom stereocenters. The average Bonchev–Trinajstić information content (AvgIpc) is 2.90. The molecule has 9 heteroatoms. The van der Waals surface area contributed by atoms with Crippen LogP contribution in [0.4, 0.5) is 19.0 Å². The maximum atomic E-state index is 12.7. The predicted octanol–water partition coefficient (Wildman–Crippen LogP) is 2.04. The summed E-state index contributed by atoms with van der Waals surface area (Å²) in [5.41, 5.74) is 4.78. The summed E-state index contributed by atoms with van der Waals surface area (Å²) in [6.07, 6.45) is 0.448. The minimum atomic E-state index is -4.52. The maximum Gasteiger partial charge on any atom is 0.433 e. The van der Waals surface area contributed by atoms with Gasteiger partial charge in [-0.3, -0.25) is 0 Å². The van der Waals surface area contributed by atoms with Crippen molar-refractivity contribution in [2.45, 2.75) is 12.7 Å². The van der Waals surface area contributed by atoms with Crippen LogP contribution in [0, 0.1) is 0 Å². The Hall–Kier alpha value is -2.16. The van der Waals surface area contributed by atoms with Crippen LogP contribution in [-0.4, -0.2) is 26.1 Å². The number of rotatable bonds is 5. The second kappa shape index (κ2) is 6.08. The van der Waals surface area contributed by atoms with Crippen molar-refractivity contribution in [1.29, 1.82) is 0 Å². The number of hydrogen-bond acceptors (Lipinski definition) is 4. The van der Waals surface area contributed by atoms with Crippen LogP contribution >= 0.6 is 12.2 Å². The van der Waals surface area contributed by atoms with Gasteiger partial charge in [0, 0.05) is 25.5 Å². The molecule has 2 heterocycles. The van der Waals surface area contributed by atoms with Crippen LogP contribution in [0.15, 0.2) is 30.9 Å². The molecular weight excluding hydrogens is 303 g/mol. The van der Waals surface area contributed by atoms with Gasteiger partial charge in [-0.2, -0.15) is 13.2 Å². The summed E-state index contributed by atoms with van der Waals surface area (Å²) in [5, 5.41) is 2.82. The molecule has 5 nitrogen and oxygen atoms in total. The SMILES string of the molecule is NC(=S)c1ccc(C(F)(F)F)nc1NCCn1ccnc1. The van der Waals surface area contributed by atoms with E-state index in [9.17, 15) is 13.2 Å². The number of nitrogens with zero attached hydrogens (tertiary/aromatic N) is 3. The van der Waals surface area contributed by atoms with Gasteiger partial charge >= 0.3 is 6.18 Å². The minimum Gasteiger partial charge on any atom is -0.389 e. The van der Waals surface area contributed by atoms with Crippen LogP contribution < -0.4 is 11.1 Å². The molecule has 2 rings (SSSR count). The first-order valence-corrected chi connectivity index (χ1v) is 6.36. The summed E-state index contributed by atoms with van der Waals surface area (Å²) in [6.45, 7) is 0.884. The maximum absolute atomic E-state index is 12.7. The van der Waals surface area contributed by atoms with Crippen LogP contribution in [0.1, 0.15) is 11.3 Å². The highest BCUT2D eigenvalue weighted by Gasteiger charge is 2.33. The molecule has 21 heavy (non-hydrogen) atoms. The fourth-order valence-corrected chi connectivity index (χ4v) is 1.84. The monoisotopic (exact) mass is 315 g/mol. The molecule has 0 atom stereocenters. The molecule has 0 saturated carbocycles. The van der Waals surface area contributed by atoms with Crippen molar-refractivity contribution in [3.05, 3.63) is 42.1 Å². The van der Waals surface area contributed by atoms with Crippen molar-refractivity contribution in [1.82, 2.24) is 14.5 Å². The minimum absolute atomic E-state index is 0.0126.